The van der Waals surface area contributed by atoms with Gasteiger partial charge in [0.15, 0.2) is 0 Å². The number of H-pyrrole nitrogens is 1. The molecule has 2 fully saturated rings. The highest BCUT2D eigenvalue weighted by Gasteiger charge is 2.25. The predicted molar refractivity (Wildman–Crippen MR) is 140 cm³/mol. The fourth-order valence-corrected chi connectivity index (χ4v) is 5.07. The molecule has 3 heterocycles. The molecule has 5 rings (SSSR count). The van der Waals surface area contributed by atoms with Gasteiger partial charge in [0.1, 0.15) is 11.9 Å². The van der Waals surface area contributed by atoms with E-state index in [0.29, 0.717) is 45.0 Å². The molecule has 2 aliphatic rings. The number of fused-ring (bicyclic) bond motifs is 1. The average Bonchev–Trinajstić information content (AvgIpc) is 3.33. The predicted octanol–water partition coefficient (Wildman–Crippen LogP) is 3.34. The van der Waals surface area contributed by atoms with Crippen LogP contribution >= 0.6 is 0 Å². The lowest BCUT2D eigenvalue weighted by molar-refractivity contribution is 0.0262. The molecule has 0 atom stereocenters. The van der Waals surface area contributed by atoms with E-state index >= 15 is 0 Å². The van der Waals surface area contributed by atoms with Crippen LogP contribution in [0.15, 0.2) is 30.3 Å². The van der Waals surface area contributed by atoms with Crippen LogP contribution in [0.25, 0.3) is 22.0 Å². The van der Waals surface area contributed by atoms with E-state index in [1.54, 1.807) is 11.9 Å². The highest BCUT2D eigenvalue weighted by atomic mass is 16.5. The summed E-state index contributed by atoms with van der Waals surface area (Å²) in [6.07, 6.45) is 1.47. The van der Waals surface area contributed by atoms with Crippen molar-refractivity contribution in [2.45, 2.75) is 25.9 Å². The fraction of sp³-hybridized carbons (Fsp3) is 0.444. The third-order valence-electron chi connectivity index (χ3n) is 7.13. The molecular weight excluding hydrogens is 474 g/mol. The van der Waals surface area contributed by atoms with Gasteiger partial charge in [-0.05, 0) is 42.3 Å². The Balaban J connectivity index is 1.51. The first-order chi connectivity index (χ1) is 18.0. The molecule has 0 spiro atoms. The van der Waals surface area contributed by atoms with Gasteiger partial charge in [0, 0.05) is 46.1 Å². The van der Waals surface area contributed by atoms with Crippen molar-refractivity contribution >= 4 is 28.6 Å². The van der Waals surface area contributed by atoms with E-state index in [4.69, 9.17) is 14.2 Å². The summed E-state index contributed by atoms with van der Waals surface area (Å²) in [6.45, 7) is 5.61. The number of carbonyl (C=O) groups is 2. The first kappa shape index (κ1) is 24.9. The molecule has 0 unspecified atom stereocenters. The second-order valence-corrected chi connectivity index (χ2v) is 9.39. The van der Waals surface area contributed by atoms with Gasteiger partial charge in [-0.25, -0.2) is 4.79 Å². The quantitative estimate of drug-likeness (QED) is 0.545. The number of methoxy groups -OCH3 is 1. The number of aryl methyl sites for hydroxylation is 1. The van der Waals surface area contributed by atoms with Crippen LogP contribution in [0.2, 0.25) is 0 Å². The van der Waals surface area contributed by atoms with Crippen molar-refractivity contribution in [1.82, 2.24) is 20.4 Å². The summed E-state index contributed by atoms with van der Waals surface area (Å²) in [5.41, 5.74) is 5.15. The topological polar surface area (TPSA) is 109 Å². The number of benzene rings is 2. The van der Waals surface area contributed by atoms with Crippen LogP contribution in [0.4, 0.5) is 10.5 Å². The molecule has 2 N–H and O–H groups in total. The number of nitrogens with zero attached hydrogens (tertiary/aromatic N) is 3. The van der Waals surface area contributed by atoms with Crippen LogP contribution in [0.5, 0.6) is 5.75 Å². The van der Waals surface area contributed by atoms with Crippen molar-refractivity contribution in [1.29, 1.82) is 0 Å². The Hall–Kier alpha value is -3.79. The van der Waals surface area contributed by atoms with Crippen LogP contribution in [0.3, 0.4) is 0 Å². The molecule has 2 amide bonds. The second kappa shape index (κ2) is 10.7. The van der Waals surface area contributed by atoms with Crippen LogP contribution < -0.4 is 15.0 Å². The molecule has 2 aliphatic heterocycles. The average molecular weight is 508 g/mol. The molecular formula is C27H33N5O5. The first-order valence-corrected chi connectivity index (χ1v) is 12.7. The Bertz CT molecular complexity index is 1290. The molecule has 0 aliphatic carbocycles. The summed E-state index contributed by atoms with van der Waals surface area (Å²) >= 11 is 0. The zero-order chi connectivity index (χ0) is 25.9. The Morgan fingerprint density at radius 2 is 1.84 bits per heavy atom. The molecule has 2 aromatic carbocycles. The van der Waals surface area contributed by atoms with Crippen LogP contribution in [0.1, 0.15) is 28.9 Å². The number of piperazine rings is 1. The molecule has 2 saturated heterocycles. The van der Waals surface area contributed by atoms with Gasteiger partial charge in [-0.1, -0.05) is 6.07 Å². The third kappa shape index (κ3) is 5.06. The molecule has 37 heavy (non-hydrogen) atoms. The lowest BCUT2D eigenvalue weighted by Gasteiger charge is -2.36. The van der Waals surface area contributed by atoms with E-state index in [9.17, 15) is 9.59 Å². The number of aromatic amines is 1. The van der Waals surface area contributed by atoms with Gasteiger partial charge in [0.25, 0.3) is 5.91 Å². The van der Waals surface area contributed by atoms with E-state index < -0.39 is 0 Å². The number of nitrogens with one attached hydrogen (secondary N) is 2. The number of aromatic nitrogens is 2. The maximum atomic E-state index is 12.7. The van der Waals surface area contributed by atoms with Crippen molar-refractivity contribution in [2.24, 2.45) is 0 Å². The molecule has 3 aromatic rings. The standard InChI is InChI=1S/C27H33N5O5/c1-17-25-22(30-29-17)14-19(16-24(25)37-20-6-12-36-13-7-20)18-4-5-21(26(33)28-2)23(15-18)31-8-10-32(11-9-31)27(34)35-3/h4-5,14-16,20H,6-13H2,1-3H3,(H,28,33)(H,29,30). The van der Waals surface area contributed by atoms with E-state index in [-0.39, 0.29) is 18.1 Å². The summed E-state index contributed by atoms with van der Waals surface area (Å²) in [5.74, 6) is 0.648. The fourth-order valence-electron chi connectivity index (χ4n) is 5.07. The number of anilines is 1. The Kier molecular flexibility index (Phi) is 7.18. The van der Waals surface area contributed by atoms with Crippen LogP contribution in [-0.4, -0.2) is 86.8 Å². The highest BCUT2D eigenvalue weighted by Crippen LogP contribution is 2.37. The Morgan fingerprint density at radius 3 is 2.54 bits per heavy atom. The summed E-state index contributed by atoms with van der Waals surface area (Å²) in [6, 6.07) is 9.99. The van der Waals surface area contributed by atoms with Crippen molar-refractivity contribution in [3.8, 4) is 16.9 Å². The zero-order valence-electron chi connectivity index (χ0n) is 21.5. The lowest BCUT2D eigenvalue weighted by atomic mass is 9.99. The molecule has 0 saturated carbocycles. The minimum Gasteiger partial charge on any atom is -0.489 e. The van der Waals surface area contributed by atoms with E-state index in [1.165, 1.54) is 7.11 Å². The SMILES string of the molecule is CNC(=O)c1ccc(-c2cc(OC3CCOCC3)c3c(C)n[nH]c3c2)cc1N1CCN(C(=O)OC)CC1. The minimum atomic E-state index is -0.333. The van der Waals surface area contributed by atoms with E-state index in [0.717, 1.165) is 52.0 Å². The number of hydrogen-bond acceptors (Lipinski definition) is 7. The first-order valence-electron chi connectivity index (χ1n) is 12.7. The lowest BCUT2D eigenvalue weighted by Crippen LogP contribution is -2.49. The normalized spacial score (nSPS) is 16.6. The highest BCUT2D eigenvalue weighted by molar-refractivity contribution is 6.01. The van der Waals surface area contributed by atoms with Crippen LogP contribution in [-0.2, 0) is 9.47 Å². The Labute approximate surface area is 215 Å². The maximum Gasteiger partial charge on any atom is 0.409 e. The number of amides is 2. The van der Waals surface area contributed by atoms with Crippen LogP contribution in [0, 0.1) is 6.92 Å². The van der Waals surface area contributed by atoms with Crippen molar-refractivity contribution < 1.29 is 23.8 Å². The number of carbonyl (C=O) groups excluding carboxylic acids is 2. The molecule has 196 valence electrons. The largest absolute Gasteiger partial charge is 0.489 e. The molecule has 0 bridgehead atoms. The van der Waals surface area contributed by atoms with Gasteiger partial charge < -0.3 is 29.3 Å². The summed E-state index contributed by atoms with van der Waals surface area (Å²) in [4.78, 5) is 28.5. The van der Waals surface area contributed by atoms with Gasteiger partial charge in [0.2, 0.25) is 0 Å². The number of hydrogen-bond donors (Lipinski definition) is 2. The van der Waals surface area contributed by atoms with Crippen molar-refractivity contribution in [3.63, 3.8) is 0 Å². The molecule has 10 nitrogen and oxygen atoms in total. The maximum absolute atomic E-state index is 12.7. The molecule has 0 radical (unpaired) electrons. The molecule has 10 heteroatoms. The second-order valence-electron chi connectivity index (χ2n) is 9.39. The van der Waals surface area contributed by atoms with Gasteiger partial charge in [-0.15, -0.1) is 0 Å². The summed E-state index contributed by atoms with van der Waals surface area (Å²) in [7, 11) is 3.02. The van der Waals surface area contributed by atoms with Gasteiger partial charge in [-0.2, -0.15) is 5.10 Å². The van der Waals surface area contributed by atoms with Gasteiger partial charge >= 0.3 is 6.09 Å². The van der Waals surface area contributed by atoms with Crippen molar-refractivity contribution in [2.75, 3.05) is 58.5 Å². The van der Waals surface area contributed by atoms with Gasteiger partial charge in [0.05, 0.1) is 48.2 Å². The molecule has 1 aromatic heterocycles. The third-order valence-corrected chi connectivity index (χ3v) is 7.13. The summed E-state index contributed by atoms with van der Waals surface area (Å²) in [5, 5.41) is 11.3. The minimum absolute atomic E-state index is 0.0961. The number of ether oxygens (including phenoxy) is 3. The number of rotatable bonds is 5. The monoisotopic (exact) mass is 507 g/mol. The van der Waals surface area contributed by atoms with Gasteiger partial charge in [-0.3, -0.25) is 9.89 Å². The Morgan fingerprint density at radius 1 is 1.08 bits per heavy atom. The zero-order valence-corrected chi connectivity index (χ0v) is 21.5. The smallest absolute Gasteiger partial charge is 0.409 e. The summed E-state index contributed by atoms with van der Waals surface area (Å²) < 4.78 is 16.8. The van der Waals surface area contributed by atoms with E-state index in [1.807, 2.05) is 25.1 Å². The van der Waals surface area contributed by atoms with Crippen molar-refractivity contribution in [3.05, 3.63) is 41.6 Å². The van der Waals surface area contributed by atoms with E-state index in [2.05, 4.69) is 32.5 Å².